The summed E-state index contributed by atoms with van der Waals surface area (Å²) in [4.78, 5) is 8.70. The monoisotopic (exact) mass is 232 g/mol. The SMILES string of the molecule is CP(=O)(O)OCCSSCCO. The number of hydrogen-bond donors (Lipinski definition) is 2. The largest absolute Gasteiger partial charge is 0.395 e. The third kappa shape index (κ3) is 10.8. The maximum atomic E-state index is 10.6. The predicted octanol–water partition coefficient (Wildman–Crippen LogP) is 1.19. The van der Waals surface area contributed by atoms with Gasteiger partial charge in [-0.1, -0.05) is 21.6 Å². The van der Waals surface area contributed by atoms with Crippen molar-refractivity contribution in [3.63, 3.8) is 0 Å². The Morgan fingerprint density at radius 2 is 2.00 bits per heavy atom. The van der Waals surface area contributed by atoms with E-state index in [1.807, 2.05) is 0 Å². The number of aliphatic hydroxyl groups is 1. The van der Waals surface area contributed by atoms with Crippen molar-refractivity contribution in [1.29, 1.82) is 0 Å². The standard InChI is InChI=1S/C5H13O4PS2/c1-10(7,8)9-3-5-12-11-4-2-6/h6H,2-5H2,1H3,(H,7,8). The van der Waals surface area contributed by atoms with Gasteiger partial charge in [-0.25, -0.2) is 0 Å². The van der Waals surface area contributed by atoms with Crippen molar-refractivity contribution in [2.75, 3.05) is 31.4 Å². The van der Waals surface area contributed by atoms with E-state index in [0.29, 0.717) is 11.5 Å². The van der Waals surface area contributed by atoms with Gasteiger partial charge >= 0.3 is 7.60 Å². The molecule has 0 aliphatic rings. The van der Waals surface area contributed by atoms with Crippen molar-refractivity contribution in [3.8, 4) is 0 Å². The van der Waals surface area contributed by atoms with Crippen LogP contribution in [0.1, 0.15) is 0 Å². The lowest BCUT2D eigenvalue weighted by Crippen LogP contribution is -1.93. The van der Waals surface area contributed by atoms with E-state index in [2.05, 4.69) is 4.52 Å². The summed E-state index contributed by atoms with van der Waals surface area (Å²) in [5.74, 6) is 1.33. The lowest BCUT2D eigenvalue weighted by molar-refractivity contribution is 0.282. The van der Waals surface area contributed by atoms with Crippen LogP contribution in [0, 0.1) is 0 Å². The Labute approximate surface area is 80.0 Å². The molecule has 0 fully saturated rings. The minimum atomic E-state index is -3.29. The molecule has 7 heteroatoms. The smallest absolute Gasteiger partial charge is 0.325 e. The van der Waals surface area contributed by atoms with Crippen molar-refractivity contribution in [3.05, 3.63) is 0 Å². The van der Waals surface area contributed by atoms with Gasteiger partial charge in [-0.3, -0.25) is 4.57 Å². The first kappa shape index (κ1) is 12.8. The lowest BCUT2D eigenvalue weighted by Gasteiger charge is -2.05. The van der Waals surface area contributed by atoms with Gasteiger partial charge in [0.2, 0.25) is 0 Å². The third-order valence-corrected chi connectivity index (χ3v) is 3.77. The van der Waals surface area contributed by atoms with Gasteiger partial charge < -0.3 is 14.5 Å². The molecule has 0 aliphatic carbocycles. The fourth-order valence-electron chi connectivity index (χ4n) is 0.396. The molecule has 0 aromatic heterocycles. The van der Waals surface area contributed by atoms with Crippen molar-refractivity contribution in [2.24, 2.45) is 0 Å². The van der Waals surface area contributed by atoms with Crippen LogP contribution in [0.2, 0.25) is 0 Å². The molecule has 74 valence electrons. The minimum Gasteiger partial charge on any atom is -0.395 e. The second-order valence-electron chi connectivity index (χ2n) is 2.00. The number of aliphatic hydroxyl groups excluding tert-OH is 1. The number of hydrogen-bond acceptors (Lipinski definition) is 5. The van der Waals surface area contributed by atoms with Gasteiger partial charge in [0, 0.05) is 18.2 Å². The molecule has 0 amide bonds. The van der Waals surface area contributed by atoms with E-state index in [4.69, 9.17) is 10.00 Å². The molecule has 2 N–H and O–H groups in total. The van der Waals surface area contributed by atoms with Gasteiger partial charge in [-0.15, -0.1) is 0 Å². The highest BCUT2D eigenvalue weighted by Gasteiger charge is 2.08. The second kappa shape index (κ2) is 7.24. The van der Waals surface area contributed by atoms with Gasteiger partial charge in [0.25, 0.3) is 0 Å². The van der Waals surface area contributed by atoms with Crippen LogP contribution in [-0.4, -0.2) is 41.4 Å². The molecule has 0 saturated heterocycles. The Morgan fingerprint density at radius 1 is 1.42 bits per heavy atom. The third-order valence-electron chi connectivity index (χ3n) is 0.755. The fourth-order valence-corrected chi connectivity index (χ4v) is 2.55. The highest BCUT2D eigenvalue weighted by atomic mass is 33.1. The summed E-state index contributed by atoms with van der Waals surface area (Å²) < 4.78 is 15.2. The molecular weight excluding hydrogens is 219 g/mol. The Morgan fingerprint density at radius 3 is 2.50 bits per heavy atom. The van der Waals surface area contributed by atoms with E-state index >= 15 is 0 Å². The average molecular weight is 232 g/mol. The van der Waals surface area contributed by atoms with E-state index in [0.717, 1.165) is 0 Å². The van der Waals surface area contributed by atoms with Gasteiger partial charge in [0.05, 0.1) is 13.2 Å². The van der Waals surface area contributed by atoms with Gasteiger partial charge in [-0.05, 0) is 0 Å². The Bertz CT molecular complexity index is 148. The van der Waals surface area contributed by atoms with Crippen LogP contribution in [-0.2, 0) is 9.09 Å². The Kier molecular flexibility index (Phi) is 7.72. The summed E-state index contributed by atoms with van der Waals surface area (Å²) >= 11 is 0. The normalized spacial score (nSPS) is 15.9. The topological polar surface area (TPSA) is 66.8 Å². The molecule has 1 unspecified atom stereocenters. The van der Waals surface area contributed by atoms with Crippen LogP contribution in [0.25, 0.3) is 0 Å². The molecule has 1 atom stereocenters. The highest BCUT2D eigenvalue weighted by molar-refractivity contribution is 8.76. The van der Waals surface area contributed by atoms with Crippen molar-refractivity contribution < 1.29 is 19.1 Å². The summed E-state index contributed by atoms with van der Waals surface area (Å²) in [6.45, 7) is 1.59. The van der Waals surface area contributed by atoms with E-state index in [9.17, 15) is 4.57 Å². The quantitative estimate of drug-likeness (QED) is 0.390. The van der Waals surface area contributed by atoms with Gasteiger partial charge in [0.1, 0.15) is 0 Å². The van der Waals surface area contributed by atoms with Gasteiger partial charge in [-0.2, -0.15) is 0 Å². The molecule has 0 rings (SSSR count). The number of rotatable bonds is 7. The van der Waals surface area contributed by atoms with E-state index in [-0.39, 0.29) is 13.2 Å². The molecule has 0 aliphatic heterocycles. The van der Waals surface area contributed by atoms with E-state index in [1.54, 1.807) is 0 Å². The molecular formula is C5H13O4PS2. The molecule has 4 nitrogen and oxygen atoms in total. The summed E-state index contributed by atoms with van der Waals surface area (Å²) in [7, 11) is -0.256. The zero-order chi connectivity index (χ0) is 9.45. The molecule has 0 aromatic carbocycles. The van der Waals surface area contributed by atoms with Crippen LogP contribution in [0.15, 0.2) is 0 Å². The van der Waals surface area contributed by atoms with Crippen molar-refractivity contribution in [2.45, 2.75) is 0 Å². The van der Waals surface area contributed by atoms with Crippen LogP contribution >= 0.6 is 29.2 Å². The van der Waals surface area contributed by atoms with Crippen LogP contribution in [0.5, 0.6) is 0 Å². The van der Waals surface area contributed by atoms with Crippen LogP contribution in [0.3, 0.4) is 0 Å². The first-order valence-electron chi connectivity index (χ1n) is 3.36. The van der Waals surface area contributed by atoms with E-state index in [1.165, 1.54) is 28.3 Å². The summed E-state index contributed by atoms with van der Waals surface area (Å²) in [6.07, 6.45) is 0. The first-order chi connectivity index (χ1) is 5.56. The highest BCUT2D eigenvalue weighted by Crippen LogP contribution is 2.36. The van der Waals surface area contributed by atoms with Gasteiger partial charge in [0.15, 0.2) is 0 Å². The van der Waals surface area contributed by atoms with Crippen LogP contribution in [0.4, 0.5) is 0 Å². The fraction of sp³-hybridized carbons (Fsp3) is 1.00. The molecule has 0 spiro atoms. The Hall–Kier alpha value is 0.810. The average Bonchev–Trinajstić information content (AvgIpc) is 1.94. The molecule has 0 saturated carbocycles. The lowest BCUT2D eigenvalue weighted by atomic mass is 10.9. The summed E-state index contributed by atoms with van der Waals surface area (Å²) in [5, 5.41) is 8.40. The minimum absolute atomic E-state index is 0.158. The van der Waals surface area contributed by atoms with Crippen molar-refractivity contribution >= 4 is 29.2 Å². The van der Waals surface area contributed by atoms with Crippen molar-refractivity contribution in [1.82, 2.24) is 0 Å². The Balaban J connectivity index is 3.06. The molecule has 0 heterocycles. The first-order valence-corrected chi connectivity index (χ1v) is 7.87. The van der Waals surface area contributed by atoms with E-state index < -0.39 is 7.60 Å². The van der Waals surface area contributed by atoms with Crippen LogP contribution < -0.4 is 0 Å². The predicted molar refractivity (Wildman–Crippen MR) is 53.7 cm³/mol. The zero-order valence-electron chi connectivity index (χ0n) is 6.80. The molecule has 0 radical (unpaired) electrons. The zero-order valence-corrected chi connectivity index (χ0v) is 9.33. The molecule has 0 aromatic rings. The molecule has 12 heavy (non-hydrogen) atoms. The maximum absolute atomic E-state index is 10.6. The summed E-state index contributed by atoms with van der Waals surface area (Å²) in [6, 6.07) is 0. The summed E-state index contributed by atoms with van der Waals surface area (Å²) in [5.41, 5.74) is 0. The maximum Gasteiger partial charge on any atom is 0.325 e. The second-order valence-corrected chi connectivity index (χ2v) is 6.57. The molecule has 0 bridgehead atoms.